The van der Waals surface area contributed by atoms with E-state index in [1.54, 1.807) is 27.4 Å². The molecule has 2 N–H and O–H groups in total. The summed E-state index contributed by atoms with van der Waals surface area (Å²) in [7, 11) is 1.77. The van der Waals surface area contributed by atoms with Gasteiger partial charge in [-0.3, -0.25) is 9.69 Å². The normalized spacial score (nSPS) is 20.9. The molecule has 1 aliphatic carbocycles. The lowest BCUT2D eigenvalue weighted by Gasteiger charge is -2.44. The highest BCUT2D eigenvalue weighted by atomic mass is 19.4. The van der Waals surface area contributed by atoms with Gasteiger partial charge < -0.3 is 15.1 Å². The van der Waals surface area contributed by atoms with Gasteiger partial charge in [0.05, 0.1) is 16.8 Å². The summed E-state index contributed by atoms with van der Waals surface area (Å²) in [6.07, 6.45) is 2.21. The van der Waals surface area contributed by atoms with Gasteiger partial charge in [-0.2, -0.15) is 13.2 Å². The highest BCUT2D eigenvalue weighted by Crippen LogP contribution is 2.45. The molecule has 5 nitrogen and oxygen atoms in total. The van der Waals surface area contributed by atoms with Gasteiger partial charge in [0, 0.05) is 17.0 Å². The molecule has 2 aliphatic rings. The number of hydrogen-bond acceptors (Lipinski definition) is 4. The molecule has 2 unspecified atom stereocenters. The van der Waals surface area contributed by atoms with E-state index in [1.807, 2.05) is 34.6 Å². The lowest BCUT2D eigenvalue weighted by molar-refractivity contribution is -0.138. The number of aryl methyl sites for hydroxylation is 1. The first-order valence-electron chi connectivity index (χ1n) is 15.2. The van der Waals surface area contributed by atoms with Crippen LogP contribution in [-0.4, -0.2) is 53.2 Å². The second-order valence-electron chi connectivity index (χ2n) is 14.5. The van der Waals surface area contributed by atoms with Gasteiger partial charge in [0.1, 0.15) is 0 Å². The zero-order valence-electron chi connectivity index (χ0n) is 26.4. The van der Waals surface area contributed by atoms with Crippen LogP contribution in [0.3, 0.4) is 0 Å². The number of alkyl halides is 3. The smallest absolute Gasteiger partial charge is 0.416 e. The number of likely N-dealkylation sites (tertiary alicyclic amines) is 1. The Labute approximate surface area is 246 Å². The van der Waals surface area contributed by atoms with Crippen LogP contribution < -0.4 is 5.32 Å². The Hall–Kier alpha value is -1.58. The molecule has 231 valence electrons. The molecule has 3 rings (SSSR count). The molecular formula is C32H51BF3N2O3. The lowest BCUT2D eigenvalue weighted by atomic mass is 9.68. The standard InChI is InChI=1S/C32H51BF3N2O3/c1-28(2,3)37-27(39)31(8,17-9-10-18-33-41-30(6,7)29(4,5)40)23-15-19-38(20-16-23)26-14-12-22-11-13-24(21-25(22)26)32(34,35)36/h11,13,21,23,26,40H,9-10,12,14-20H2,1-8H3,(H,37,39). The number of rotatable bonds is 11. The average Bonchev–Trinajstić information content (AvgIpc) is 3.27. The average molecular weight is 580 g/mol. The number of hydrogen-bond donors (Lipinski definition) is 2. The van der Waals surface area contributed by atoms with Crippen molar-refractivity contribution < 1.29 is 27.7 Å². The number of piperidine rings is 1. The summed E-state index contributed by atoms with van der Waals surface area (Å²) in [6, 6.07) is 4.20. The van der Waals surface area contributed by atoms with Crippen LogP contribution in [0, 0.1) is 11.3 Å². The second-order valence-corrected chi connectivity index (χ2v) is 14.5. The minimum atomic E-state index is -4.34. The van der Waals surface area contributed by atoms with Gasteiger partial charge in [-0.05, 0) is 123 Å². The Kier molecular flexibility index (Phi) is 10.4. The van der Waals surface area contributed by atoms with E-state index in [1.165, 1.54) is 12.1 Å². The molecule has 1 aromatic rings. The van der Waals surface area contributed by atoms with Crippen LogP contribution in [0.4, 0.5) is 13.2 Å². The molecule has 1 fully saturated rings. The number of halogens is 3. The summed E-state index contributed by atoms with van der Waals surface area (Å²) in [6.45, 7) is 16.8. The third-order valence-electron chi connectivity index (χ3n) is 9.52. The van der Waals surface area contributed by atoms with Crippen molar-refractivity contribution >= 4 is 13.4 Å². The van der Waals surface area contributed by atoms with E-state index in [-0.39, 0.29) is 23.4 Å². The topological polar surface area (TPSA) is 61.8 Å². The van der Waals surface area contributed by atoms with Gasteiger partial charge in [-0.15, -0.1) is 0 Å². The minimum Gasteiger partial charge on any atom is -0.433 e. The maximum absolute atomic E-state index is 13.7. The molecule has 1 radical (unpaired) electrons. The zero-order valence-corrected chi connectivity index (χ0v) is 26.4. The number of benzene rings is 1. The molecule has 1 aliphatic heterocycles. The molecule has 1 heterocycles. The maximum Gasteiger partial charge on any atom is 0.416 e. The Morgan fingerprint density at radius 1 is 1.02 bits per heavy atom. The molecule has 1 saturated heterocycles. The predicted octanol–water partition coefficient (Wildman–Crippen LogP) is 7.10. The van der Waals surface area contributed by atoms with E-state index in [4.69, 9.17) is 4.65 Å². The molecule has 0 bridgehead atoms. The van der Waals surface area contributed by atoms with Gasteiger partial charge in [0.2, 0.25) is 5.91 Å². The van der Waals surface area contributed by atoms with Crippen LogP contribution in [0.5, 0.6) is 0 Å². The minimum absolute atomic E-state index is 0.00611. The Morgan fingerprint density at radius 3 is 2.22 bits per heavy atom. The first-order chi connectivity index (χ1) is 18.7. The summed E-state index contributed by atoms with van der Waals surface area (Å²) in [4.78, 5) is 16.0. The summed E-state index contributed by atoms with van der Waals surface area (Å²) in [5.41, 5.74) is -1.28. The van der Waals surface area contributed by atoms with Gasteiger partial charge in [-0.1, -0.05) is 32.2 Å². The predicted molar refractivity (Wildman–Crippen MR) is 159 cm³/mol. The maximum atomic E-state index is 13.7. The van der Waals surface area contributed by atoms with Crippen LogP contribution >= 0.6 is 0 Å². The fraction of sp³-hybridized carbons (Fsp3) is 0.781. The number of aliphatic hydroxyl groups is 1. The van der Waals surface area contributed by atoms with E-state index in [9.17, 15) is 23.1 Å². The third-order valence-corrected chi connectivity index (χ3v) is 9.52. The molecule has 1 aromatic carbocycles. The van der Waals surface area contributed by atoms with Crippen LogP contribution in [0.25, 0.3) is 0 Å². The highest BCUT2D eigenvalue weighted by Gasteiger charge is 2.44. The third kappa shape index (κ3) is 8.50. The van der Waals surface area contributed by atoms with Crippen LogP contribution in [0.1, 0.15) is 117 Å². The fourth-order valence-corrected chi connectivity index (χ4v) is 6.10. The van der Waals surface area contributed by atoms with Crippen molar-refractivity contribution in [2.45, 2.75) is 136 Å². The molecule has 9 heteroatoms. The van der Waals surface area contributed by atoms with E-state index in [0.29, 0.717) is 0 Å². The van der Waals surface area contributed by atoms with Crippen LogP contribution in [0.2, 0.25) is 6.32 Å². The SMILES string of the molecule is CC(C)(C)NC(=O)C(C)(CCCC[B]OC(C)(C)C(C)(C)O)C1CCN(C2CCc3ccc(C(F)(F)F)cc32)CC1. The van der Waals surface area contributed by atoms with Crippen molar-refractivity contribution in [1.82, 2.24) is 10.2 Å². The molecule has 0 saturated carbocycles. The molecule has 0 aromatic heterocycles. The van der Waals surface area contributed by atoms with Crippen molar-refractivity contribution in [1.29, 1.82) is 0 Å². The number of carbonyl (C=O) groups excluding carboxylic acids is 1. The Bertz CT molecular complexity index is 1040. The molecule has 1 amide bonds. The molecule has 41 heavy (non-hydrogen) atoms. The summed E-state index contributed by atoms with van der Waals surface area (Å²) < 4.78 is 46.0. The van der Waals surface area contributed by atoms with Gasteiger partial charge in [0.15, 0.2) is 0 Å². The summed E-state index contributed by atoms with van der Waals surface area (Å²) in [5.74, 6) is 0.269. The number of nitrogens with zero attached hydrogens (tertiary/aromatic N) is 1. The van der Waals surface area contributed by atoms with Crippen LogP contribution in [-0.2, 0) is 22.0 Å². The van der Waals surface area contributed by atoms with Crippen molar-refractivity contribution in [3.8, 4) is 0 Å². The van der Waals surface area contributed by atoms with Crippen molar-refractivity contribution in [2.24, 2.45) is 11.3 Å². The highest BCUT2D eigenvalue weighted by molar-refractivity contribution is 6.27. The monoisotopic (exact) mass is 579 g/mol. The first kappa shape index (κ1) is 33.9. The molecule has 2 atom stereocenters. The van der Waals surface area contributed by atoms with Crippen molar-refractivity contribution in [3.05, 3.63) is 34.9 Å². The van der Waals surface area contributed by atoms with Crippen LogP contribution in [0.15, 0.2) is 18.2 Å². The van der Waals surface area contributed by atoms with Gasteiger partial charge in [0.25, 0.3) is 7.48 Å². The zero-order chi connectivity index (χ0) is 30.9. The molecule has 0 spiro atoms. The second kappa shape index (κ2) is 12.6. The fourth-order valence-electron chi connectivity index (χ4n) is 6.10. The Morgan fingerprint density at radius 2 is 1.66 bits per heavy atom. The largest absolute Gasteiger partial charge is 0.433 e. The van der Waals surface area contributed by atoms with Crippen molar-refractivity contribution in [2.75, 3.05) is 13.1 Å². The van der Waals surface area contributed by atoms with E-state index < -0.39 is 28.4 Å². The lowest BCUT2D eigenvalue weighted by Crippen LogP contribution is -2.52. The summed E-state index contributed by atoms with van der Waals surface area (Å²) in [5, 5.41) is 13.5. The number of amides is 1. The Balaban J connectivity index is 1.63. The molecular weight excluding hydrogens is 528 g/mol. The van der Waals surface area contributed by atoms with E-state index >= 15 is 0 Å². The van der Waals surface area contributed by atoms with E-state index in [0.717, 1.165) is 75.5 Å². The number of unbranched alkanes of at least 4 members (excludes halogenated alkanes) is 1. The van der Waals surface area contributed by atoms with Gasteiger partial charge >= 0.3 is 6.18 Å². The van der Waals surface area contributed by atoms with Crippen molar-refractivity contribution in [3.63, 3.8) is 0 Å². The first-order valence-corrected chi connectivity index (χ1v) is 15.2. The van der Waals surface area contributed by atoms with E-state index in [2.05, 4.69) is 17.1 Å². The number of nitrogens with one attached hydrogen (secondary N) is 1. The summed E-state index contributed by atoms with van der Waals surface area (Å²) >= 11 is 0. The number of carbonyl (C=O) groups is 1. The van der Waals surface area contributed by atoms with Gasteiger partial charge in [-0.25, -0.2) is 0 Å². The quantitative estimate of drug-likeness (QED) is 0.217. The number of fused-ring (bicyclic) bond motifs is 1.